The number of Topliss-reactive ketones (excluding diaryl/α,β-unsaturated/α-hetero) is 1. The van der Waals surface area contributed by atoms with Crippen molar-refractivity contribution in [2.75, 3.05) is 12.0 Å². The van der Waals surface area contributed by atoms with Gasteiger partial charge in [-0.25, -0.2) is 4.39 Å². The van der Waals surface area contributed by atoms with Gasteiger partial charge in [-0.1, -0.05) is 18.2 Å². The monoisotopic (exact) mass is 432 g/mol. The minimum Gasteiger partial charge on any atom is -0.507 e. The molecule has 4 rings (SSSR count). The van der Waals surface area contributed by atoms with E-state index in [4.69, 9.17) is 4.74 Å². The van der Waals surface area contributed by atoms with Crippen molar-refractivity contribution in [1.29, 1.82) is 0 Å². The Bertz CT molecular complexity index is 1250. The van der Waals surface area contributed by atoms with Crippen LogP contribution in [0.25, 0.3) is 5.76 Å². The summed E-state index contributed by atoms with van der Waals surface area (Å²) in [7, 11) is 1.37. The number of methoxy groups -OCH3 is 1. The molecule has 7 heteroatoms. The average Bonchev–Trinajstić information content (AvgIpc) is 3.06. The van der Waals surface area contributed by atoms with Gasteiger partial charge in [-0.15, -0.1) is 0 Å². The van der Waals surface area contributed by atoms with Crippen molar-refractivity contribution in [3.63, 3.8) is 0 Å². The van der Waals surface area contributed by atoms with Crippen molar-refractivity contribution in [2.24, 2.45) is 0 Å². The summed E-state index contributed by atoms with van der Waals surface area (Å²) >= 11 is 0. The molecule has 1 N–H and O–H groups in total. The van der Waals surface area contributed by atoms with Gasteiger partial charge >= 0.3 is 0 Å². The number of benzene rings is 2. The first-order valence-corrected chi connectivity index (χ1v) is 9.96. The van der Waals surface area contributed by atoms with Gasteiger partial charge in [0.1, 0.15) is 17.3 Å². The van der Waals surface area contributed by atoms with E-state index in [-0.39, 0.29) is 16.9 Å². The lowest BCUT2D eigenvalue weighted by Crippen LogP contribution is -2.30. The predicted molar refractivity (Wildman–Crippen MR) is 118 cm³/mol. The SMILES string of the molecule is COc1ccc(F)cc1/C(O)=C1\C(=O)C(=O)N(c2cccc(C)c2C)C1c1cccnc1. The first-order valence-electron chi connectivity index (χ1n) is 9.96. The molecule has 1 aromatic heterocycles. The van der Waals surface area contributed by atoms with Crippen molar-refractivity contribution in [3.05, 3.63) is 94.6 Å². The molecule has 162 valence electrons. The molecule has 2 heterocycles. The van der Waals surface area contributed by atoms with Crippen molar-refractivity contribution in [3.8, 4) is 5.75 Å². The standard InChI is InChI=1S/C25H21FN2O4/c1-14-6-4-8-19(15(14)2)28-22(16-7-5-11-27-13-16)21(24(30)25(28)31)23(29)18-12-17(26)9-10-20(18)32-3/h4-13,22,29H,1-3H3/b23-21+. The maximum atomic E-state index is 14.0. The van der Waals surface area contributed by atoms with Gasteiger partial charge in [0.2, 0.25) is 0 Å². The quantitative estimate of drug-likeness (QED) is 0.374. The molecule has 0 radical (unpaired) electrons. The second kappa shape index (κ2) is 8.26. The normalized spacial score (nSPS) is 17.6. The second-order valence-corrected chi connectivity index (χ2v) is 7.52. The van der Waals surface area contributed by atoms with Crippen LogP contribution in [0.1, 0.15) is 28.3 Å². The van der Waals surface area contributed by atoms with E-state index < -0.39 is 29.3 Å². The van der Waals surface area contributed by atoms with E-state index in [1.807, 2.05) is 19.9 Å². The Balaban J connectivity index is 2.01. The third-order valence-electron chi connectivity index (χ3n) is 5.70. The zero-order valence-electron chi connectivity index (χ0n) is 17.8. The Kier molecular flexibility index (Phi) is 5.48. The third kappa shape index (κ3) is 3.41. The number of halogens is 1. The lowest BCUT2D eigenvalue weighted by Gasteiger charge is -2.27. The van der Waals surface area contributed by atoms with Crippen LogP contribution in [0.4, 0.5) is 10.1 Å². The summed E-state index contributed by atoms with van der Waals surface area (Å²) in [6, 6.07) is 11.5. The number of ether oxygens (including phenoxy) is 1. The van der Waals surface area contributed by atoms with E-state index >= 15 is 0 Å². The number of aryl methyl sites for hydroxylation is 1. The van der Waals surface area contributed by atoms with Gasteiger partial charge < -0.3 is 9.84 Å². The zero-order chi connectivity index (χ0) is 23.0. The van der Waals surface area contributed by atoms with E-state index in [1.54, 1.807) is 30.5 Å². The molecule has 1 unspecified atom stereocenters. The van der Waals surface area contributed by atoms with Crippen LogP contribution in [-0.4, -0.2) is 28.9 Å². The number of anilines is 1. The molecule has 0 bridgehead atoms. The average molecular weight is 432 g/mol. The maximum Gasteiger partial charge on any atom is 0.300 e. The Hall–Kier alpha value is -4.00. The van der Waals surface area contributed by atoms with Crippen LogP contribution in [-0.2, 0) is 9.59 Å². The Morgan fingerprint density at radius 3 is 2.59 bits per heavy atom. The number of aliphatic hydroxyl groups excluding tert-OH is 1. The molecule has 0 saturated carbocycles. The summed E-state index contributed by atoms with van der Waals surface area (Å²) in [5.74, 6) is -2.62. The molecule has 1 aliphatic rings. The highest BCUT2D eigenvalue weighted by Gasteiger charge is 2.47. The largest absolute Gasteiger partial charge is 0.507 e. The zero-order valence-corrected chi connectivity index (χ0v) is 17.8. The summed E-state index contributed by atoms with van der Waals surface area (Å²) in [6.07, 6.45) is 3.11. The number of pyridine rings is 1. The number of aliphatic hydroxyl groups is 1. The minimum atomic E-state index is -0.947. The molecule has 1 aliphatic heterocycles. The molecule has 1 saturated heterocycles. The first kappa shape index (κ1) is 21.2. The van der Waals surface area contributed by atoms with Crippen LogP contribution in [0.5, 0.6) is 5.75 Å². The van der Waals surface area contributed by atoms with Gasteiger partial charge in [0, 0.05) is 18.1 Å². The lowest BCUT2D eigenvalue weighted by molar-refractivity contribution is -0.132. The number of rotatable bonds is 4. The van der Waals surface area contributed by atoms with Crippen LogP contribution in [0.2, 0.25) is 0 Å². The summed E-state index contributed by atoms with van der Waals surface area (Å²) in [5.41, 5.74) is 2.68. The van der Waals surface area contributed by atoms with E-state index in [2.05, 4.69) is 4.98 Å². The van der Waals surface area contributed by atoms with Gasteiger partial charge in [0.15, 0.2) is 0 Å². The fraction of sp³-hybridized carbons (Fsp3) is 0.160. The molecule has 32 heavy (non-hydrogen) atoms. The lowest BCUT2D eigenvalue weighted by atomic mass is 9.95. The molecular weight excluding hydrogens is 411 g/mol. The van der Waals surface area contributed by atoms with Gasteiger partial charge in [0.25, 0.3) is 11.7 Å². The van der Waals surface area contributed by atoms with Gasteiger partial charge in [-0.05, 0) is 60.9 Å². The number of aromatic nitrogens is 1. The molecule has 3 aromatic rings. The van der Waals surface area contributed by atoms with Crippen LogP contribution < -0.4 is 9.64 Å². The second-order valence-electron chi connectivity index (χ2n) is 7.52. The van der Waals surface area contributed by atoms with Crippen molar-refractivity contribution >= 4 is 23.1 Å². The number of carbonyl (C=O) groups is 2. The van der Waals surface area contributed by atoms with E-state index in [0.717, 1.165) is 17.2 Å². The topological polar surface area (TPSA) is 79.7 Å². The number of ketones is 1. The molecule has 2 aromatic carbocycles. The van der Waals surface area contributed by atoms with Crippen molar-refractivity contribution < 1.29 is 23.8 Å². The number of hydrogen-bond acceptors (Lipinski definition) is 5. The van der Waals surface area contributed by atoms with Gasteiger partial charge in [-0.3, -0.25) is 19.5 Å². The Morgan fingerprint density at radius 2 is 1.91 bits per heavy atom. The molecule has 1 atom stereocenters. The highest BCUT2D eigenvalue weighted by Crippen LogP contribution is 2.44. The fourth-order valence-electron chi connectivity index (χ4n) is 3.94. The summed E-state index contributed by atoms with van der Waals surface area (Å²) in [5, 5.41) is 11.2. The molecule has 0 spiro atoms. The smallest absolute Gasteiger partial charge is 0.300 e. The highest BCUT2D eigenvalue weighted by atomic mass is 19.1. The van der Waals surface area contributed by atoms with E-state index in [9.17, 15) is 19.1 Å². The fourth-order valence-corrected chi connectivity index (χ4v) is 3.94. The van der Waals surface area contributed by atoms with Crippen molar-refractivity contribution in [1.82, 2.24) is 4.98 Å². The third-order valence-corrected chi connectivity index (χ3v) is 5.70. The summed E-state index contributed by atoms with van der Waals surface area (Å²) in [6.45, 7) is 3.77. The molecular formula is C25H21FN2O4. The Labute approximate surface area is 184 Å². The number of nitrogens with zero attached hydrogens (tertiary/aromatic N) is 2. The molecule has 0 aliphatic carbocycles. The Morgan fingerprint density at radius 1 is 1.12 bits per heavy atom. The molecule has 6 nitrogen and oxygen atoms in total. The van der Waals surface area contributed by atoms with Gasteiger partial charge in [0.05, 0.1) is 24.3 Å². The number of hydrogen-bond donors (Lipinski definition) is 1. The van der Waals surface area contributed by atoms with Crippen LogP contribution >= 0.6 is 0 Å². The van der Waals surface area contributed by atoms with Crippen molar-refractivity contribution in [2.45, 2.75) is 19.9 Å². The van der Waals surface area contributed by atoms with Crippen LogP contribution in [0.15, 0.2) is 66.5 Å². The predicted octanol–water partition coefficient (Wildman–Crippen LogP) is 4.47. The van der Waals surface area contributed by atoms with Crippen LogP contribution in [0, 0.1) is 19.7 Å². The number of carbonyl (C=O) groups excluding carboxylic acids is 2. The van der Waals surface area contributed by atoms with Crippen LogP contribution in [0.3, 0.4) is 0 Å². The van der Waals surface area contributed by atoms with Gasteiger partial charge in [-0.2, -0.15) is 0 Å². The first-order chi connectivity index (χ1) is 15.3. The molecule has 1 fully saturated rings. The highest BCUT2D eigenvalue weighted by molar-refractivity contribution is 6.51. The number of amides is 1. The van der Waals surface area contributed by atoms with E-state index in [0.29, 0.717) is 11.3 Å². The summed E-state index contributed by atoms with van der Waals surface area (Å²) < 4.78 is 19.2. The summed E-state index contributed by atoms with van der Waals surface area (Å²) in [4.78, 5) is 31.9. The minimum absolute atomic E-state index is 0.0136. The van der Waals surface area contributed by atoms with E-state index in [1.165, 1.54) is 30.3 Å². The molecule has 1 amide bonds. The maximum absolute atomic E-state index is 14.0.